The molecule has 6 nitrogen and oxygen atoms in total. The molecule has 0 aliphatic carbocycles. The highest BCUT2D eigenvalue weighted by atomic mass is 16.5. The lowest BCUT2D eigenvalue weighted by molar-refractivity contribution is -0.134. The van der Waals surface area contributed by atoms with Crippen LogP contribution in [0.2, 0.25) is 0 Å². The van der Waals surface area contributed by atoms with Gasteiger partial charge in [-0.1, -0.05) is 62.7 Å². The standard InChI is InChI=1S/C37H39NO5/c1-3-28(2)27-42-37(40)32-17-15-30(16-18-32)31-19-23-34(24-20-31)41-25-9-5-8-12-36(39)43-35-21-13-29(14-22-35)26-38-33-10-6-4-7-11-33/h4,6-7,10-11,13-24,26,28H,3,5,8-9,12,25,27H2,1-2H3. The van der Waals surface area contributed by atoms with E-state index in [0.717, 1.165) is 53.8 Å². The predicted molar refractivity (Wildman–Crippen MR) is 171 cm³/mol. The van der Waals surface area contributed by atoms with Crippen LogP contribution in [0.15, 0.2) is 108 Å². The van der Waals surface area contributed by atoms with Gasteiger partial charge < -0.3 is 14.2 Å². The van der Waals surface area contributed by atoms with Crippen molar-refractivity contribution < 1.29 is 23.8 Å². The van der Waals surface area contributed by atoms with E-state index in [-0.39, 0.29) is 11.9 Å². The second-order valence-electron chi connectivity index (χ2n) is 10.5. The molecule has 43 heavy (non-hydrogen) atoms. The predicted octanol–water partition coefficient (Wildman–Crippen LogP) is 8.85. The zero-order chi connectivity index (χ0) is 30.3. The first-order valence-electron chi connectivity index (χ1n) is 14.9. The number of carbonyl (C=O) groups is 2. The summed E-state index contributed by atoms with van der Waals surface area (Å²) in [6.45, 7) is 5.16. The van der Waals surface area contributed by atoms with Crippen molar-refractivity contribution in [2.75, 3.05) is 13.2 Å². The first-order valence-corrected chi connectivity index (χ1v) is 14.9. The van der Waals surface area contributed by atoms with E-state index in [1.165, 1.54) is 0 Å². The molecule has 0 aromatic heterocycles. The quantitative estimate of drug-likeness (QED) is 0.0611. The van der Waals surface area contributed by atoms with Gasteiger partial charge in [0.2, 0.25) is 0 Å². The summed E-state index contributed by atoms with van der Waals surface area (Å²) in [6, 6.07) is 32.4. The molecule has 4 aromatic rings. The van der Waals surface area contributed by atoms with Gasteiger partial charge in [0.15, 0.2) is 0 Å². The van der Waals surface area contributed by atoms with Gasteiger partial charge >= 0.3 is 11.9 Å². The summed E-state index contributed by atoms with van der Waals surface area (Å²) in [4.78, 5) is 28.9. The summed E-state index contributed by atoms with van der Waals surface area (Å²) in [5.74, 6) is 1.16. The van der Waals surface area contributed by atoms with E-state index < -0.39 is 0 Å². The smallest absolute Gasteiger partial charge is 0.338 e. The third kappa shape index (κ3) is 10.6. The fourth-order valence-electron chi connectivity index (χ4n) is 4.17. The molecule has 0 saturated heterocycles. The molecular weight excluding hydrogens is 538 g/mol. The number of benzene rings is 4. The van der Waals surface area contributed by atoms with Gasteiger partial charge in [0, 0.05) is 12.6 Å². The van der Waals surface area contributed by atoms with Gasteiger partial charge in [-0.3, -0.25) is 9.79 Å². The van der Waals surface area contributed by atoms with Crippen molar-refractivity contribution in [2.24, 2.45) is 10.9 Å². The van der Waals surface area contributed by atoms with Crippen LogP contribution in [0.1, 0.15) is 61.9 Å². The van der Waals surface area contributed by atoms with E-state index in [2.05, 4.69) is 18.8 Å². The molecule has 222 valence electrons. The normalized spacial score (nSPS) is 11.7. The Morgan fingerprint density at radius 3 is 2.09 bits per heavy atom. The van der Waals surface area contributed by atoms with E-state index in [1.807, 2.05) is 78.9 Å². The van der Waals surface area contributed by atoms with Gasteiger partial charge in [0.05, 0.1) is 24.5 Å². The summed E-state index contributed by atoms with van der Waals surface area (Å²) in [5, 5.41) is 0. The molecule has 0 radical (unpaired) electrons. The highest BCUT2D eigenvalue weighted by molar-refractivity contribution is 5.90. The van der Waals surface area contributed by atoms with E-state index in [4.69, 9.17) is 14.2 Å². The highest BCUT2D eigenvalue weighted by Crippen LogP contribution is 2.23. The van der Waals surface area contributed by atoms with Gasteiger partial charge in [-0.25, -0.2) is 4.79 Å². The van der Waals surface area contributed by atoms with E-state index in [0.29, 0.717) is 36.9 Å². The minimum atomic E-state index is -0.289. The molecule has 4 rings (SSSR count). The minimum Gasteiger partial charge on any atom is -0.494 e. The lowest BCUT2D eigenvalue weighted by Crippen LogP contribution is -2.11. The molecule has 1 unspecified atom stereocenters. The van der Waals surface area contributed by atoms with Crippen molar-refractivity contribution in [3.05, 3.63) is 114 Å². The van der Waals surface area contributed by atoms with Crippen molar-refractivity contribution in [1.82, 2.24) is 0 Å². The Labute approximate surface area is 254 Å². The van der Waals surface area contributed by atoms with Crippen LogP contribution in [0.5, 0.6) is 11.5 Å². The fourth-order valence-corrected chi connectivity index (χ4v) is 4.17. The summed E-state index contributed by atoms with van der Waals surface area (Å²) < 4.78 is 16.7. The number of para-hydroxylation sites is 1. The van der Waals surface area contributed by atoms with Gasteiger partial charge in [-0.2, -0.15) is 0 Å². The van der Waals surface area contributed by atoms with E-state index in [9.17, 15) is 9.59 Å². The van der Waals surface area contributed by atoms with Crippen molar-refractivity contribution in [3.63, 3.8) is 0 Å². The van der Waals surface area contributed by atoms with Crippen LogP contribution in [0.4, 0.5) is 5.69 Å². The summed E-state index contributed by atoms with van der Waals surface area (Å²) in [7, 11) is 0. The lowest BCUT2D eigenvalue weighted by atomic mass is 10.0. The average Bonchev–Trinajstić information content (AvgIpc) is 3.05. The van der Waals surface area contributed by atoms with Crippen LogP contribution in [0.25, 0.3) is 11.1 Å². The SMILES string of the molecule is CCC(C)COC(=O)c1ccc(-c2ccc(OCCCCCC(=O)Oc3ccc(C=Nc4ccccc4)cc3)cc2)cc1. The molecule has 0 saturated carbocycles. The van der Waals surface area contributed by atoms with Gasteiger partial charge in [-0.05, 0) is 103 Å². The first kappa shape index (κ1) is 31.2. The monoisotopic (exact) mass is 577 g/mol. The first-order chi connectivity index (χ1) is 21.0. The maximum Gasteiger partial charge on any atom is 0.338 e. The number of hydrogen-bond donors (Lipinski definition) is 0. The molecule has 1 atom stereocenters. The summed E-state index contributed by atoms with van der Waals surface area (Å²) in [5.41, 5.74) is 4.44. The Balaban J connectivity index is 1.10. The largest absolute Gasteiger partial charge is 0.494 e. The summed E-state index contributed by atoms with van der Waals surface area (Å²) in [6.07, 6.45) is 5.58. The number of unbranched alkanes of at least 4 members (excludes halogenated alkanes) is 2. The molecule has 0 spiro atoms. The van der Waals surface area contributed by atoms with Crippen LogP contribution >= 0.6 is 0 Å². The zero-order valence-electron chi connectivity index (χ0n) is 24.9. The molecule has 0 heterocycles. The fraction of sp³-hybridized carbons (Fsp3) is 0.270. The topological polar surface area (TPSA) is 74.2 Å². The lowest BCUT2D eigenvalue weighted by Gasteiger charge is -2.10. The Hall–Kier alpha value is -4.71. The van der Waals surface area contributed by atoms with Gasteiger partial charge in [0.25, 0.3) is 0 Å². The Morgan fingerprint density at radius 2 is 1.42 bits per heavy atom. The number of ether oxygens (including phenoxy) is 3. The minimum absolute atomic E-state index is 0.238. The number of nitrogens with zero attached hydrogens (tertiary/aromatic N) is 1. The highest BCUT2D eigenvalue weighted by Gasteiger charge is 2.10. The van der Waals surface area contributed by atoms with Crippen LogP contribution in [0, 0.1) is 5.92 Å². The number of hydrogen-bond acceptors (Lipinski definition) is 6. The zero-order valence-corrected chi connectivity index (χ0v) is 24.9. The Bertz CT molecular complexity index is 1450. The van der Waals surface area contributed by atoms with Gasteiger partial charge in [-0.15, -0.1) is 0 Å². The van der Waals surface area contributed by atoms with E-state index in [1.54, 1.807) is 30.5 Å². The maximum absolute atomic E-state index is 12.2. The van der Waals surface area contributed by atoms with Crippen LogP contribution in [-0.4, -0.2) is 31.4 Å². The Kier molecular flexibility index (Phi) is 12.1. The number of rotatable bonds is 15. The number of esters is 2. The van der Waals surface area contributed by atoms with Crippen molar-refractivity contribution in [2.45, 2.75) is 46.0 Å². The molecule has 0 fully saturated rings. The number of carbonyl (C=O) groups excluding carboxylic acids is 2. The van der Waals surface area contributed by atoms with Crippen molar-refractivity contribution in [1.29, 1.82) is 0 Å². The maximum atomic E-state index is 12.2. The third-order valence-corrected chi connectivity index (χ3v) is 7.03. The second kappa shape index (κ2) is 16.7. The van der Waals surface area contributed by atoms with Crippen LogP contribution < -0.4 is 9.47 Å². The molecule has 6 heteroatoms. The van der Waals surface area contributed by atoms with Crippen LogP contribution in [-0.2, 0) is 9.53 Å². The van der Waals surface area contributed by atoms with Crippen molar-refractivity contribution >= 4 is 23.8 Å². The molecule has 0 aliphatic rings. The second-order valence-corrected chi connectivity index (χ2v) is 10.5. The molecule has 4 aromatic carbocycles. The van der Waals surface area contributed by atoms with Crippen LogP contribution in [0.3, 0.4) is 0 Å². The molecule has 0 bridgehead atoms. The van der Waals surface area contributed by atoms with Gasteiger partial charge in [0.1, 0.15) is 11.5 Å². The third-order valence-electron chi connectivity index (χ3n) is 7.03. The Morgan fingerprint density at radius 1 is 0.767 bits per heavy atom. The molecule has 0 amide bonds. The number of aliphatic imine (C=N–C) groups is 1. The average molecular weight is 578 g/mol. The molecule has 0 aliphatic heterocycles. The molecular formula is C37H39NO5. The molecule has 0 N–H and O–H groups in total. The van der Waals surface area contributed by atoms with E-state index >= 15 is 0 Å². The van der Waals surface area contributed by atoms with Crippen molar-refractivity contribution in [3.8, 4) is 22.6 Å². The summed E-state index contributed by atoms with van der Waals surface area (Å²) >= 11 is 0.